The van der Waals surface area contributed by atoms with Crippen molar-refractivity contribution in [1.29, 1.82) is 0 Å². The molecule has 0 aliphatic carbocycles. The molecule has 0 aromatic heterocycles. The van der Waals surface area contributed by atoms with Gasteiger partial charge in [-0.1, -0.05) is 61.8 Å². The number of amides is 2. The van der Waals surface area contributed by atoms with Gasteiger partial charge in [-0.25, -0.2) is 4.79 Å². The van der Waals surface area contributed by atoms with Crippen molar-refractivity contribution in [3.8, 4) is 0 Å². The number of aliphatic carboxylic acids is 1. The van der Waals surface area contributed by atoms with Crippen LogP contribution in [0.15, 0.2) is 48.5 Å². The zero-order valence-electron chi connectivity index (χ0n) is 19.2. The number of hydrogen-bond donors (Lipinski definition) is 4. The molecule has 1 heterocycles. The van der Waals surface area contributed by atoms with Crippen LogP contribution >= 0.6 is 24.0 Å². The average molecular weight is 508 g/mol. The number of carboxylic acids is 1. The van der Waals surface area contributed by atoms with E-state index in [9.17, 15) is 19.5 Å². The van der Waals surface area contributed by atoms with Gasteiger partial charge in [0.25, 0.3) is 0 Å². The van der Waals surface area contributed by atoms with E-state index in [4.69, 9.17) is 11.6 Å². The molecule has 3 rings (SSSR count). The van der Waals surface area contributed by atoms with Crippen molar-refractivity contribution in [3.05, 3.63) is 70.2 Å². The Morgan fingerprint density at radius 1 is 1.09 bits per heavy atom. The highest BCUT2D eigenvalue weighted by Crippen LogP contribution is 2.22. The van der Waals surface area contributed by atoms with Gasteiger partial charge in [0.05, 0.1) is 6.04 Å². The lowest BCUT2D eigenvalue weighted by Gasteiger charge is -2.26. The lowest BCUT2D eigenvalue weighted by atomic mass is 9.93. The molecule has 2 aromatic carbocycles. The first-order valence-electron chi connectivity index (χ1n) is 11.1. The summed E-state index contributed by atoms with van der Waals surface area (Å²) >= 11 is 6.01. The van der Waals surface area contributed by atoms with E-state index in [0.29, 0.717) is 18.0 Å². The van der Waals surface area contributed by atoms with Crippen LogP contribution < -0.4 is 16.0 Å². The van der Waals surface area contributed by atoms with Gasteiger partial charge in [0.1, 0.15) is 6.04 Å². The molecule has 0 saturated heterocycles. The lowest BCUT2D eigenvalue weighted by molar-refractivity contribution is -0.143. The Balaban J connectivity index is 0.00000408. The molecule has 9 heteroatoms. The van der Waals surface area contributed by atoms with Crippen LogP contribution in [0, 0.1) is 5.92 Å². The Bertz CT molecular complexity index is 998. The Hall–Kier alpha value is -2.61. The molecular weight excluding hydrogens is 477 g/mol. The monoisotopic (exact) mass is 507 g/mol. The summed E-state index contributed by atoms with van der Waals surface area (Å²) in [6.07, 6.45) is 0.641. The van der Waals surface area contributed by atoms with Gasteiger partial charge in [-0.2, -0.15) is 0 Å². The summed E-state index contributed by atoms with van der Waals surface area (Å²) in [4.78, 5) is 37.0. The summed E-state index contributed by atoms with van der Waals surface area (Å²) in [5.74, 6) is -2.16. The Labute approximate surface area is 211 Å². The maximum atomic E-state index is 12.9. The Morgan fingerprint density at radius 2 is 1.74 bits per heavy atom. The predicted octanol–water partition coefficient (Wildman–Crippen LogP) is 3.29. The molecule has 0 spiro atoms. The minimum absolute atomic E-state index is 0. The fourth-order valence-electron chi connectivity index (χ4n) is 4.00. The van der Waals surface area contributed by atoms with Crippen molar-refractivity contribution < 1.29 is 19.5 Å². The average Bonchev–Trinajstić information content (AvgIpc) is 2.79. The van der Waals surface area contributed by atoms with E-state index in [1.165, 1.54) is 5.56 Å². The summed E-state index contributed by atoms with van der Waals surface area (Å²) in [7, 11) is 0. The highest BCUT2D eigenvalue weighted by molar-refractivity contribution is 6.30. The third-order valence-electron chi connectivity index (χ3n) is 5.94. The Kier molecular flexibility index (Phi) is 10.4. The SMILES string of the molecule is CC(C)[C@@H](NC(=O)C[C@@H](CNC(=O)[C@@H]1Cc2ccccc2CN1)c1ccc(Cl)cc1)C(=O)O.Cl. The Morgan fingerprint density at radius 3 is 2.35 bits per heavy atom. The first kappa shape index (κ1) is 27.6. The summed E-state index contributed by atoms with van der Waals surface area (Å²) in [6.45, 7) is 4.35. The summed E-state index contributed by atoms with van der Waals surface area (Å²) in [6, 6.07) is 13.8. The highest BCUT2D eigenvalue weighted by Gasteiger charge is 2.27. The van der Waals surface area contributed by atoms with Crippen LogP contribution in [-0.2, 0) is 27.3 Å². The van der Waals surface area contributed by atoms with Crippen molar-refractivity contribution in [1.82, 2.24) is 16.0 Å². The number of carbonyl (C=O) groups excluding carboxylic acids is 2. The minimum Gasteiger partial charge on any atom is -0.480 e. The number of rotatable bonds is 9. The summed E-state index contributed by atoms with van der Waals surface area (Å²) in [5, 5.41) is 18.8. The molecule has 4 N–H and O–H groups in total. The van der Waals surface area contributed by atoms with Gasteiger partial charge >= 0.3 is 5.97 Å². The second kappa shape index (κ2) is 12.7. The van der Waals surface area contributed by atoms with Gasteiger partial charge in [0, 0.05) is 30.5 Å². The fraction of sp³-hybridized carbons (Fsp3) is 0.400. The van der Waals surface area contributed by atoms with Crippen LogP contribution in [0.5, 0.6) is 0 Å². The quantitative estimate of drug-likeness (QED) is 0.416. The summed E-state index contributed by atoms with van der Waals surface area (Å²) in [5.41, 5.74) is 3.18. The fourth-order valence-corrected chi connectivity index (χ4v) is 4.13. The molecule has 0 fully saturated rings. The largest absolute Gasteiger partial charge is 0.480 e. The molecule has 184 valence electrons. The molecular formula is C25H31Cl2N3O4. The van der Waals surface area contributed by atoms with E-state index in [-0.39, 0.29) is 55.1 Å². The van der Waals surface area contributed by atoms with Crippen LogP contribution in [-0.4, -0.2) is 41.5 Å². The van der Waals surface area contributed by atoms with Gasteiger partial charge < -0.3 is 21.1 Å². The van der Waals surface area contributed by atoms with Gasteiger partial charge in [-0.15, -0.1) is 12.4 Å². The zero-order valence-corrected chi connectivity index (χ0v) is 20.8. The van der Waals surface area contributed by atoms with Gasteiger partial charge in [-0.05, 0) is 41.2 Å². The van der Waals surface area contributed by atoms with E-state index in [2.05, 4.69) is 16.0 Å². The number of halogens is 2. The summed E-state index contributed by atoms with van der Waals surface area (Å²) < 4.78 is 0. The van der Waals surface area contributed by atoms with E-state index in [0.717, 1.165) is 11.1 Å². The van der Waals surface area contributed by atoms with Crippen LogP contribution in [0.3, 0.4) is 0 Å². The van der Waals surface area contributed by atoms with E-state index in [1.54, 1.807) is 26.0 Å². The van der Waals surface area contributed by atoms with E-state index >= 15 is 0 Å². The third kappa shape index (κ3) is 7.45. The van der Waals surface area contributed by atoms with Crippen LogP contribution in [0.1, 0.15) is 42.9 Å². The van der Waals surface area contributed by atoms with Gasteiger partial charge in [-0.3, -0.25) is 9.59 Å². The van der Waals surface area contributed by atoms with E-state index in [1.807, 2.05) is 36.4 Å². The third-order valence-corrected chi connectivity index (χ3v) is 6.19. The van der Waals surface area contributed by atoms with Crippen LogP contribution in [0.2, 0.25) is 5.02 Å². The molecule has 1 aliphatic heterocycles. The van der Waals surface area contributed by atoms with Crippen molar-refractivity contribution in [2.75, 3.05) is 6.54 Å². The highest BCUT2D eigenvalue weighted by atomic mass is 35.5. The number of carbonyl (C=O) groups is 3. The molecule has 3 atom stereocenters. The van der Waals surface area contributed by atoms with Crippen molar-refractivity contribution in [3.63, 3.8) is 0 Å². The molecule has 0 radical (unpaired) electrons. The molecule has 7 nitrogen and oxygen atoms in total. The second-order valence-corrected chi connectivity index (χ2v) is 9.17. The van der Waals surface area contributed by atoms with Gasteiger partial charge in [0.2, 0.25) is 11.8 Å². The zero-order chi connectivity index (χ0) is 24.0. The van der Waals surface area contributed by atoms with E-state index < -0.39 is 12.0 Å². The van der Waals surface area contributed by atoms with Crippen LogP contribution in [0.25, 0.3) is 0 Å². The number of hydrogen-bond acceptors (Lipinski definition) is 4. The van der Waals surface area contributed by atoms with Crippen molar-refractivity contribution in [2.24, 2.45) is 5.92 Å². The van der Waals surface area contributed by atoms with Crippen molar-refractivity contribution in [2.45, 2.75) is 51.2 Å². The number of fused-ring (bicyclic) bond motifs is 1. The molecule has 1 aliphatic rings. The predicted molar refractivity (Wildman–Crippen MR) is 134 cm³/mol. The normalized spacial score (nSPS) is 16.5. The molecule has 2 amide bonds. The standard InChI is InChI=1S/C25H30ClN3O4.ClH/c1-15(2)23(25(32)33)29-22(30)12-19(16-7-9-20(26)10-8-16)14-28-24(31)21-11-17-5-3-4-6-18(17)13-27-21;/h3-10,15,19,21,23,27H,11-14H2,1-2H3,(H,28,31)(H,29,30)(H,32,33);1H/t19-,21-,23+;/m0./s1. The number of benzene rings is 2. The molecule has 34 heavy (non-hydrogen) atoms. The topological polar surface area (TPSA) is 108 Å². The first-order chi connectivity index (χ1) is 15.7. The molecule has 0 saturated carbocycles. The lowest BCUT2D eigenvalue weighted by Crippen LogP contribution is -2.49. The second-order valence-electron chi connectivity index (χ2n) is 8.73. The van der Waals surface area contributed by atoms with Gasteiger partial charge in [0.15, 0.2) is 0 Å². The number of nitrogens with one attached hydrogen (secondary N) is 3. The molecule has 0 bridgehead atoms. The smallest absolute Gasteiger partial charge is 0.326 e. The maximum Gasteiger partial charge on any atom is 0.326 e. The minimum atomic E-state index is -1.07. The molecule has 2 aromatic rings. The maximum absolute atomic E-state index is 12.9. The first-order valence-corrected chi connectivity index (χ1v) is 11.5. The molecule has 0 unspecified atom stereocenters. The van der Waals surface area contributed by atoms with Crippen molar-refractivity contribution >= 4 is 41.8 Å². The number of carboxylic acid groups (broad SMARTS) is 1. The van der Waals surface area contributed by atoms with Crippen LogP contribution in [0.4, 0.5) is 0 Å².